The Balaban J connectivity index is 1.56. The summed E-state index contributed by atoms with van der Waals surface area (Å²) in [6, 6.07) is 11.7. The number of rotatable bonds is 4. The van der Waals surface area contributed by atoms with Gasteiger partial charge in [0.25, 0.3) is 0 Å². The maximum atomic E-state index is 12.5. The number of nitrogens with zero attached hydrogens (tertiary/aromatic N) is 3. The molecular formula is C18H21N3O2. The Morgan fingerprint density at radius 3 is 2.57 bits per heavy atom. The Kier molecular flexibility index (Phi) is 4.76. The van der Waals surface area contributed by atoms with E-state index in [1.54, 1.807) is 19.5 Å². The molecule has 0 N–H and O–H groups in total. The molecule has 0 aliphatic carbocycles. The van der Waals surface area contributed by atoms with Crippen molar-refractivity contribution >= 4 is 11.6 Å². The van der Waals surface area contributed by atoms with Crippen LogP contribution in [0.25, 0.3) is 0 Å². The van der Waals surface area contributed by atoms with Crippen LogP contribution in [0.5, 0.6) is 5.75 Å². The number of carbonyl (C=O) groups is 1. The number of benzene rings is 1. The predicted octanol–water partition coefficient (Wildman–Crippen LogP) is 1.98. The van der Waals surface area contributed by atoms with Crippen LogP contribution in [0.1, 0.15) is 5.56 Å². The van der Waals surface area contributed by atoms with Gasteiger partial charge in [-0.25, -0.2) is 0 Å². The fourth-order valence-corrected chi connectivity index (χ4v) is 2.84. The lowest BCUT2D eigenvalue weighted by Crippen LogP contribution is -2.49. The van der Waals surface area contributed by atoms with Gasteiger partial charge in [0.1, 0.15) is 5.75 Å². The summed E-state index contributed by atoms with van der Waals surface area (Å²) in [6.07, 6.45) is 4.03. The van der Waals surface area contributed by atoms with Gasteiger partial charge in [0, 0.05) is 44.3 Å². The van der Waals surface area contributed by atoms with Crippen molar-refractivity contribution < 1.29 is 9.53 Å². The van der Waals surface area contributed by atoms with Gasteiger partial charge >= 0.3 is 0 Å². The van der Waals surface area contributed by atoms with E-state index >= 15 is 0 Å². The molecule has 5 heteroatoms. The number of anilines is 1. The molecule has 2 heterocycles. The lowest BCUT2D eigenvalue weighted by atomic mass is 10.1. The summed E-state index contributed by atoms with van der Waals surface area (Å²) in [5.41, 5.74) is 2.16. The van der Waals surface area contributed by atoms with Gasteiger partial charge < -0.3 is 14.5 Å². The Morgan fingerprint density at radius 2 is 1.87 bits per heavy atom. The van der Waals surface area contributed by atoms with Crippen LogP contribution in [0.3, 0.4) is 0 Å². The molecule has 2 aromatic rings. The van der Waals surface area contributed by atoms with Gasteiger partial charge in [-0.15, -0.1) is 0 Å². The molecule has 0 bridgehead atoms. The molecule has 5 nitrogen and oxygen atoms in total. The predicted molar refractivity (Wildman–Crippen MR) is 89.7 cm³/mol. The van der Waals surface area contributed by atoms with Gasteiger partial charge in [0.2, 0.25) is 5.91 Å². The van der Waals surface area contributed by atoms with E-state index in [0.29, 0.717) is 6.42 Å². The summed E-state index contributed by atoms with van der Waals surface area (Å²) in [5, 5.41) is 0. The lowest BCUT2D eigenvalue weighted by molar-refractivity contribution is -0.130. The molecule has 1 aliphatic rings. The van der Waals surface area contributed by atoms with Crippen LogP contribution in [0.15, 0.2) is 48.8 Å². The number of hydrogen-bond donors (Lipinski definition) is 0. The van der Waals surface area contributed by atoms with Crippen LogP contribution < -0.4 is 9.64 Å². The average Bonchev–Trinajstić information content (AvgIpc) is 2.63. The van der Waals surface area contributed by atoms with Crippen molar-refractivity contribution in [2.24, 2.45) is 0 Å². The van der Waals surface area contributed by atoms with Crippen LogP contribution in [0, 0.1) is 0 Å². The van der Waals surface area contributed by atoms with Gasteiger partial charge in [0.15, 0.2) is 0 Å². The topological polar surface area (TPSA) is 45.7 Å². The largest absolute Gasteiger partial charge is 0.497 e. The molecule has 1 fully saturated rings. The van der Waals surface area contributed by atoms with E-state index < -0.39 is 0 Å². The van der Waals surface area contributed by atoms with Gasteiger partial charge in [-0.1, -0.05) is 12.1 Å². The molecule has 1 aromatic heterocycles. The minimum absolute atomic E-state index is 0.174. The minimum Gasteiger partial charge on any atom is -0.497 e. The van der Waals surface area contributed by atoms with Gasteiger partial charge in [-0.3, -0.25) is 9.78 Å². The van der Waals surface area contributed by atoms with Crippen LogP contribution in [0.2, 0.25) is 0 Å². The van der Waals surface area contributed by atoms with Crippen molar-refractivity contribution in [3.63, 3.8) is 0 Å². The highest BCUT2D eigenvalue weighted by molar-refractivity contribution is 5.79. The highest BCUT2D eigenvalue weighted by Gasteiger charge is 2.21. The van der Waals surface area contributed by atoms with E-state index in [4.69, 9.17) is 4.74 Å². The Labute approximate surface area is 136 Å². The zero-order valence-corrected chi connectivity index (χ0v) is 13.3. The molecule has 1 amide bonds. The third-order valence-corrected chi connectivity index (χ3v) is 4.15. The lowest BCUT2D eigenvalue weighted by Gasteiger charge is -2.36. The molecule has 0 radical (unpaired) electrons. The van der Waals surface area contributed by atoms with E-state index in [9.17, 15) is 4.79 Å². The van der Waals surface area contributed by atoms with Crippen molar-refractivity contribution in [2.75, 3.05) is 38.2 Å². The summed E-state index contributed by atoms with van der Waals surface area (Å²) in [7, 11) is 1.64. The number of hydrogen-bond acceptors (Lipinski definition) is 4. The van der Waals surface area contributed by atoms with Crippen molar-refractivity contribution in [3.8, 4) is 5.75 Å². The first kappa shape index (κ1) is 15.3. The highest BCUT2D eigenvalue weighted by atomic mass is 16.5. The third-order valence-electron chi connectivity index (χ3n) is 4.15. The molecule has 3 rings (SSSR count). The van der Waals surface area contributed by atoms with Crippen molar-refractivity contribution in [1.29, 1.82) is 0 Å². The van der Waals surface area contributed by atoms with E-state index in [2.05, 4.69) is 9.88 Å². The second-order valence-electron chi connectivity index (χ2n) is 5.60. The quantitative estimate of drug-likeness (QED) is 0.866. The fraction of sp³-hybridized carbons (Fsp3) is 0.333. The molecule has 120 valence electrons. The normalized spacial score (nSPS) is 14.7. The first-order valence-corrected chi connectivity index (χ1v) is 7.82. The molecule has 0 spiro atoms. The van der Waals surface area contributed by atoms with E-state index in [1.807, 2.05) is 41.3 Å². The maximum absolute atomic E-state index is 12.5. The molecule has 0 atom stereocenters. The summed E-state index contributed by atoms with van der Waals surface area (Å²) >= 11 is 0. The van der Waals surface area contributed by atoms with Crippen LogP contribution >= 0.6 is 0 Å². The summed E-state index contributed by atoms with van der Waals surface area (Å²) in [4.78, 5) is 20.7. The van der Waals surface area contributed by atoms with E-state index in [-0.39, 0.29) is 5.91 Å². The van der Waals surface area contributed by atoms with E-state index in [0.717, 1.165) is 37.5 Å². The van der Waals surface area contributed by atoms with Gasteiger partial charge in [0.05, 0.1) is 13.5 Å². The second kappa shape index (κ2) is 7.13. The van der Waals surface area contributed by atoms with Gasteiger partial charge in [-0.2, -0.15) is 0 Å². The second-order valence-corrected chi connectivity index (χ2v) is 5.60. The smallest absolute Gasteiger partial charge is 0.227 e. The van der Waals surface area contributed by atoms with Gasteiger partial charge in [-0.05, 0) is 29.8 Å². The molecule has 1 saturated heterocycles. The molecular weight excluding hydrogens is 290 g/mol. The molecule has 1 aliphatic heterocycles. The number of methoxy groups -OCH3 is 1. The summed E-state index contributed by atoms with van der Waals surface area (Å²) < 4.78 is 5.21. The zero-order valence-electron chi connectivity index (χ0n) is 13.3. The number of aromatic nitrogens is 1. The van der Waals surface area contributed by atoms with Crippen molar-refractivity contribution in [1.82, 2.24) is 9.88 Å². The van der Waals surface area contributed by atoms with Crippen LogP contribution in [-0.2, 0) is 11.2 Å². The number of amides is 1. The standard InChI is InChI=1S/C18H21N3O2/c1-23-17-4-2-3-15(13-17)14-18(22)21-11-9-20(10-12-21)16-5-7-19-8-6-16/h2-8,13H,9-12,14H2,1H3. The van der Waals surface area contributed by atoms with Crippen molar-refractivity contribution in [3.05, 3.63) is 54.4 Å². The first-order valence-electron chi connectivity index (χ1n) is 7.82. The minimum atomic E-state index is 0.174. The average molecular weight is 311 g/mol. The highest BCUT2D eigenvalue weighted by Crippen LogP contribution is 2.17. The van der Waals surface area contributed by atoms with Crippen molar-refractivity contribution in [2.45, 2.75) is 6.42 Å². The number of ether oxygens (including phenoxy) is 1. The Hall–Kier alpha value is -2.56. The van der Waals surface area contributed by atoms with Crippen LogP contribution in [-0.4, -0.2) is 49.1 Å². The number of carbonyl (C=O) groups excluding carboxylic acids is 1. The Bertz CT molecular complexity index is 652. The Morgan fingerprint density at radius 1 is 1.13 bits per heavy atom. The molecule has 0 saturated carbocycles. The molecule has 1 aromatic carbocycles. The monoisotopic (exact) mass is 311 g/mol. The molecule has 23 heavy (non-hydrogen) atoms. The SMILES string of the molecule is COc1cccc(CC(=O)N2CCN(c3ccncc3)CC2)c1. The zero-order chi connectivity index (χ0) is 16.1. The number of pyridine rings is 1. The summed E-state index contributed by atoms with van der Waals surface area (Å²) in [5.74, 6) is 0.963. The third kappa shape index (κ3) is 3.80. The van der Waals surface area contributed by atoms with E-state index in [1.165, 1.54) is 5.69 Å². The first-order chi connectivity index (χ1) is 11.3. The maximum Gasteiger partial charge on any atom is 0.227 e. The number of piperazine rings is 1. The molecule has 0 unspecified atom stereocenters. The fourth-order valence-electron chi connectivity index (χ4n) is 2.84. The summed E-state index contributed by atoms with van der Waals surface area (Å²) in [6.45, 7) is 3.22. The van der Waals surface area contributed by atoms with Crippen LogP contribution in [0.4, 0.5) is 5.69 Å².